The quantitative estimate of drug-likeness (QED) is 0.628. The maximum absolute atomic E-state index is 11.8. The number of benzene rings is 2. The summed E-state index contributed by atoms with van der Waals surface area (Å²) in [6.45, 7) is 4.89. The van der Waals surface area contributed by atoms with Crippen molar-refractivity contribution < 1.29 is 4.79 Å². The number of hydrogen-bond acceptors (Lipinski definition) is 3. The number of thiazole rings is 1. The lowest BCUT2D eigenvalue weighted by Gasteiger charge is -2.07. The molecular formula is C19H21N3OS. The Morgan fingerprint density at radius 2 is 1.96 bits per heavy atom. The largest absolute Gasteiger partial charge is 0.338 e. The van der Waals surface area contributed by atoms with E-state index < -0.39 is 0 Å². The van der Waals surface area contributed by atoms with Crippen LogP contribution in [0, 0.1) is 6.92 Å². The number of amides is 2. The molecule has 0 unspecified atom stereocenters. The van der Waals surface area contributed by atoms with Crippen LogP contribution in [0.5, 0.6) is 0 Å². The minimum atomic E-state index is -0.160. The van der Waals surface area contributed by atoms with Gasteiger partial charge >= 0.3 is 6.03 Å². The molecule has 0 spiro atoms. The molecule has 1 heterocycles. The van der Waals surface area contributed by atoms with Crippen LogP contribution in [0.3, 0.4) is 0 Å². The fraction of sp³-hybridized carbons (Fsp3) is 0.263. The number of fused-ring (bicyclic) bond motifs is 1. The molecule has 2 aromatic carbocycles. The molecule has 0 aliphatic heterocycles. The predicted octanol–water partition coefficient (Wildman–Crippen LogP) is 5.19. The molecular weight excluding hydrogens is 318 g/mol. The number of nitrogens with zero attached hydrogens (tertiary/aromatic N) is 1. The zero-order chi connectivity index (χ0) is 16.9. The summed E-state index contributed by atoms with van der Waals surface area (Å²) >= 11 is 1.69. The van der Waals surface area contributed by atoms with Gasteiger partial charge in [0, 0.05) is 17.8 Å². The van der Waals surface area contributed by atoms with Crippen LogP contribution in [0.2, 0.25) is 0 Å². The van der Waals surface area contributed by atoms with Crippen molar-refractivity contribution in [2.24, 2.45) is 0 Å². The Morgan fingerprint density at radius 3 is 2.71 bits per heavy atom. The lowest BCUT2D eigenvalue weighted by molar-refractivity contribution is 0.252. The molecule has 24 heavy (non-hydrogen) atoms. The molecule has 4 nitrogen and oxygen atoms in total. The van der Waals surface area contributed by atoms with Crippen molar-refractivity contribution in [2.75, 3.05) is 11.9 Å². The highest BCUT2D eigenvalue weighted by molar-refractivity contribution is 7.21. The predicted molar refractivity (Wildman–Crippen MR) is 102 cm³/mol. The third-order valence-electron chi connectivity index (χ3n) is 3.75. The Morgan fingerprint density at radius 1 is 1.17 bits per heavy atom. The number of carbonyl (C=O) groups is 1. The summed E-state index contributed by atoms with van der Waals surface area (Å²) in [7, 11) is 0. The summed E-state index contributed by atoms with van der Waals surface area (Å²) in [5, 5.41) is 6.68. The van der Waals surface area contributed by atoms with Gasteiger partial charge in [0.15, 0.2) is 0 Å². The van der Waals surface area contributed by atoms with Gasteiger partial charge in [-0.2, -0.15) is 0 Å². The summed E-state index contributed by atoms with van der Waals surface area (Å²) in [4.78, 5) is 16.4. The first-order valence-electron chi connectivity index (χ1n) is 8.18. The second-order valence-corrected chi connectivity index (χ2v) is 6.83. The molecule has 3 aromatic rings. The third kappa shape index (κ3) is 3.92. The highest BCUT2D eigenvalue weighted by Crippen LogP contribution is 2.31. The summed E-state index contributed by atoms with van der Waals surface area (Å²) in [5.74, 6) is 0. The first kappa shape index (κ1) is 16.5. The van der Waals surface area contributed by atoms with Crippen LogP contribution in [0.25, 0.3) is 20.8 Å². The van der Waals surface area contributed by atoms with Crippen LogP contribution in [0.1, 0.15) is 25.3 Å². The van der Waals surface area contributed by atoms with E-state index >= 15 is 0 Å². The summed E-state index contributed by atoms with van der Waals surface area (Å²) in [5.41, 5.74) is 4.11. The first-order valence-corrected chi connectivity index (χ1v) is 9.00. The van der Waals surface area contributed by atoms with Crippen molar-refractivity contribution in [3.8, 4) is 10.6 Å². The van der Waals surface area contributed by atoms with E-state index in [0.29, 0.717) is 6.54 Å². The number of unbranched alkanes of at least 4 members (excludes halogenated alkanes) is 1. The Kier molecular flexibility index (Phi) is 5.11. The number of hydrogen-bond donors (Lipinski definition) is 2. The molecule has 2 amide bonds. The van der Waals surface area contributed by atoms with Crippen LogP contribution < -0.4 is 10.6 Å². The van der Waals surface area contributed by atoms with E-state index in [2.05, 4.69) is 47.7 Å². The molecule has 1 aromatic heterocycles. The van der Waals surface area contributed by atoms with Gasteiger partial charge < -0.3 is 10.6 Å². The third-order valence-corrected chi connectivity index (χ3v) is 4.82. The molecule has 3 rings (SSSR count). The van der Waals surface area contributed by atoms with Gasteiger partial charge in [0.05, 0.1) is 10.2 Å². The first-order chi connectivity index (χ1) is 11.7. The standard InChI is InChI=1S/C19H21N3OS/c1-3-4-11-20-19(23)21-15-8-6-14(7-9-15)18-22-16-10-5-13(2)12-17(16)24-18/h5-10,12H,3-4,11H2,1-2H3,(H2,20,21,23). The van der Waals surface area contributed by atoms with Crippen molar-refractivity contribution >= 4 is 33.3 Å². The average Bonchev–Trinajstić information content (AvgIpc) is 2.99. The van der Waals surface area contributed by atoms with Crippen LogP contribution in [-0.2, 0) is 0 Å². The molecule has 0 radical (unpaired) electrons. The Bertz CT molecular complexity index is 839. The minimum absolute atomic E-state index is 0.160. The summed E-state index contributed by atoms with van der Waals surface area (Å²) in [6.07, 6.45) is 2.06. The number of aryl methyl sites for hydroxylation is 1. The van der Waals surface area contributed by atoms with E-state index in [0.717, 1.165) is 34.6 Å². The maximum Gasteiger partial charge on any atom is 0.319 e. The monoisotopic (exact) mass is 339 g/mol. The molecule has 0 aliphatic rings. The molecule has 0 fully saturated rings. The van der Waals surface area contributed by atoms with E-state index in [4.69, 9.17) is 0 Å². The van der Waals surface area contributed by atoms with Crippen molar-refractivity contribution in [2.45, 2.75) is 26.7 Å². The Hall–Kier alpha value is -2.40. The molecule has 2 N–H and O–H groups in total. The molecule has 0 saturated heterocycles. The van der Waals surface area contributed by atoms with E-state index in [9.17, 15) is 4.79 Å². The fourth-order valence-electron chi connectivity index (χ4n) is 2.41. The topological polar surface area (TPSA) is 54.0 Å². The highest BCUT2D eigenvalue weighted by Gasteiger charge is 2.07. The van der Waals surface area contributed by atoms with Gasteiger partial charge in [-0.25, -0.2) is 9.78 Å². The minimum Gasteiger partial charge on any atom is -0.338 e. The Balaban J connectivity index is 1.70. The molecule has 124 valence electrons. The van der Waals surface area contributed by atoms with Crippen LogP contribution in [0.15, 0.2) is 42.5 Å². The lowest BCUT2D eigenvalue weighted by atomic mass is 10.2. The van der Waals surface area contributed by atoms with Crippen LogP contribution in [0.4, 0.5) is 10.5 Å². The summed E-state index contributed by atoms with van der Waals surface area (Å²) < 4.78 is 1.20. The van der Waals surface area contributed by atoms with Crippen LogP contribution >= 0.6 is 11.3 Å². The van der Waals surface area contributed by atoms with E-state index in [1.165, 1.54) is 10.3 Å². The number of rotatable bonds is 5. The van der Waals surface area contributed by atoms with Crippen molar-refractivity contribution in [1.29, 1.82) is 0 Å². The van der Waals surface area contributed by atoms with Gasteiger partial charge in [0.25, 0.3) is 0 Å². The van der Waals surface area contributed by atoms with Crippen molar-refractivity contribution in [3.63, 3.8) is 0 Å². The lowest BCUT2D eigenvalue weighted by Crippen LogP contribution is -2.29. The number of carbonyl (C=O) groups excluding carboxylic acids is 1. The van der Waals surface area contributed by atoms with Gasteiger partial charge in [0.2, 0.25) is 0 Å². The van der Waals surface area contributed by atoms with E-state index in [1.54, 1.807) is 11.3 Å². The normalized spacial score (nSPS) is 10.8. The van der Waals surface area contributed by atoms with Crippen LogP contribution in [-0.4, -0.2) is 17.6 Å². The molecule has 0 saturated carbocycles. The second-order valence-electron chi connectivity index (χ2n) is 5.80. The highest BCUT2D eigenvalue weighted by atomic mass is 32.1. The maximum atomic E-state index is 11.8. The Labute approximate surface area is 145 Å². The van der Waals surface area contributed by atoms with Gasteiger partial charge in [-0.05, 0) is 55.3 Å². The average molecular weight is 339 g/mol. The molecule has 0 atom stereocenters. The number of anilines is 1. The second kappa shape index (κ2) is 7.45. The number of urea groups is 1. The van der Waals surface area contributed by atoms with Gasteiger partial charge in [-0.1, -0.05) is 19.4 Å². The van der Waals surface area contributed by atoms with Crippen molar-refractivity contribution in [3.05, 3.63) is 48.0 Å². The van der Waals surface area contributed by atoms with E-state index in [-0.39, 0.29) is 6.03 Å². The van der Waals surface area contributed by atoms with Crippen molar-refractivity contribution in [1.82, 2.24) is 10.3 Å². The van der Waals surface area contributed by atoms with Gasteiger partial charge in [-0.3, -0.25) is 0 Å². The molecule has 5 heteroatoms. The summed E-state index contributed by atoms with van der Waals surface area (Å²) in [6, 6.07) is 13.9. The van der Waals surface area contributed by atoms with Gasteiger partial charge in [0.1, 0.15) is 5.01 Å². The van der Waals surface area contributed by atoms with Gasteiger partial charge in [-0.15, -0.1) is 11.3 Å². The number of nitrogens with one attached hydrogen (secondary N) is 2. The molecule has 0 bridgehead atoms. The zero-order valence-electron chi connectivity index (χ0n) is 13.9. The van der Waals surface area contributed by atoms with E-state index in [1.807, 2.05) is 24.3 Å². The smallest absolute Gasteiger partial charge is 0.319 e. The fourth-order valence-corrected chi connectivity index (χ4v) is 3.47. The number of aromatic nitrogens is 1. The SMILES string of the molecule is CCCCNC(=O)Nc1ccc(-c2nc3ccc(C)cc3s2)cc1. The molecule has 0 aliphatic carbocycles. The zero-order valence-corrected chi connectivity index (χ0v) is 14.7.